The Morgan fingerprint density at radius 2 is 1.90 bits per heavy atom. The number of nitrogens with zero attached hydrogens (tertiary/aromatic N) is 2. The number of allylic oxidation sites excluding steroid dienone is 1. The highest BCUT2D eigenvalue weighted by Crippen LogP contribution is 2.61. The first kappa shape index (κ1) is 39.1. The van der Waals surface area contributed by atoms with Crippen LogP contribution in [0, 0.1) is 17.8 Å². The molecule has 4 aliphatic rings. The number of hydrogen-bond donors (Lipinski definition) is 2. The Morgan fingerprint density at radius 1 is 1.12 bits per heavy atom. The molecule has 12 heteroatoms. The molecule has 1 aromatic rings. The molecule has 2 N–H and O–H groups in total. The van der Waals surface area contributed by atoms with Gasteiger partial charge in [-0.2, -0.15) is 0 Å². The summed E-state index contributed by atoms with van der Waals surface area (Å²) in [6.07, 6.45) is 12.4. The van der Waals surface area contributed by atoms with Crippen LogP contribution in [0.25, 0.3) is 0 Å². The average molecular weight is 731 g/mol. The number of carbonyl (C=O) groups is 1. The van der Waals surface area contributed by atoms with Gasteiger partial charge < -0.3 is 43.6 Å². The number of carbonyl (C=O) groups excluding carboxylic acids is 1. The van der Waals surface area contributed by atoms with Crippen molar-refractivity contribution in [3.63, 3.8) is 0 Å². The van der Waals surface area contributed by atoms with E-state index in [1.807, 2.05) is 12.1 Å². The number of aliphatic hydroxyl groups is 2. The number of rotatable bonds is 19. The molecule has 0 aromatic heterocycles. The van der Waals surface area contributed by atoms with E-state index in [9.17, 15) is 15.0 Å². The average Bonchev–Trinajstić information content (AvgIpc) is 3.15. The molecule has 1 unspecified atom stereocenters. The SMILES string of the molecule is C=CCOc1ccc2c(c1)[C@H]1[C@H](CCCCO)[C@@H](CCCCO)C=C3C(=NOC4CCCCO4)C[C@H](N(C)C(=O)OCCCl)[C@@](OCC=C)(O2)[C@H]31. The van der Waals surface area contributed by atoms with Gasteiger partial charge in [0.25, 0.3) is 0 Å². The van der Waals surface area contributed by atoms with Crippen LogP contribution >= 0.6 is 11.6 Å². The van der Waals surface area contributed by atoms with Crippen molar-refractivity contribution < 1.29 is 43.5 Å². The van der Waals surface area contributed by atoms with E-state index in [0.717, 1.165) is 56.1 Å². The van der Waals surface area contributed by atoms with Gasteiger partial charge in [-0.05, 0) is 74.1 Å². The zero-order valence-corrected chi connectivity index (χ0v) is 30.6. The van der Waals surface area contributed by atoms with Gasteiger partial charge in [-0.25, -0.2) is 4.79 Å². The van der Waals surface area contributed by atoms with Crippen molar-refractivity contribution in [2.24, 2.45) is 22.9 Å². The molecule has 2 aliphatic heterocycles. The molecule has 0 radical (unpaired) electrons. The molecule has 2 fully saturated rings. The van der Waals surface area contributed by atoms with Crippen LogP contribution in [0.3, 0.4) is 0 Å². The van der Waals surface area contributed by atoms with Crippen molar-refractivity contribution >= 4 is 23.4 Å². The lowest BCUT2D eigenvalue weighted by molar-refractivity contribution is -0.254. The Hall–Kier alpha value is -3.09. The van der Waals surface area contributed by atoms with E-state index < -0.39 is 30.1 Å². The van der Waals surface area contributed by atoms with Crippen molar-refractivity contribution in [3.8, 4) is 11.5 Å². The summed E-state index contributed by atoms with van der Waals surface area (Å²) in [5.74, 6) is -0.223. The van der Waals surface area contributed by atoms with Crippen LogP contribution in [-0.2, 0) is 19.0 Å². The predicted octanol–water partition coefficient (Wildman–Crippen LogP) is 6.72. The maximum absolute atomic E-state index is 13.6. The third-order valence-electron chi connectivity index (χ3n) is 10.5. The Morgan fingerprint density at radius 3 is 2.61 bits per heavy atom. The number of alkyl halides is 1. The number of benzene rings is 1. The normalized spacial score (nSPS) is 28.8. The van der Waals surface area contributed by atoms with Gasteiger partial charge in [0.15, 0.2) is 0 Å². The molecule has 0 spiro atoms. The van der Waals surface area contributed by atoms with Gasteiger partial charge in [0.1, 0.15) is 30.8 Å². The number of amides is 1. The van der Waals surface area contributed by atoms with Crippen LogP contribution in [0.5, 0.6) is 11.5 Å². The fraction of sp³-hybridized carbons (Fsp3) is 0.641. The molecule has 2 heterocycles. The van der Waals surface area contributed by atoms with Crippen LogP contribution in [0.4, 0.5) is 4.79 Å². The molecule has 1 saturated heterocycles. The third-order valence-corrected chi connectivity index (χ3v) is 10.6. The zero-order chi connectivity index (χ0) is 36.2. The van der Waals surface area contributed by atoms with Gasteiger partial charge in [0, 0.05) is 44.6 Å². The monoisotopic (exact) mass is 730 g/mol. The van der Waals surface area contributed by atoms with Crippen LogP contribution < -0.4 is 9.47 Å². The summed E-state index contributed by atoms with van der Waals surface area (Å²) < 4.78 is 31.4. The highest BCUT2D eigenvalue weighted by atomic mass is 35.5. The number of fused-ring (bicyclic) bond motifs is 2. The van der Waals surface area contributed by atoms with Gasteiger partial charge >= 0.3 is 6.09 Å². The first-order valence-corrected chi connectivity index (χ1v) is 19.0. The Bertz CT molecular complexity index is 1380. The van der Waals surface area contributed by atoms with Crippen molar-refractivity contribution in [2.75, 3.05) is 52.6 Å². The minimum atomic E-state index is -1.36. The van der Waals surface area contributed by atoms with Gasteiger partial charge in [0.05, 0.1) is 30.7 Å². The van der Waals surface area contributed by atoms with Crippen LogP contribution in [-0.4, -0.2) is 97.6 Å². The second kappa shape index (κ2) is 19.1. The molecule has 1 saturated carbocycles. The number of oxime groups is 1. The minimum absolute atomic E-state index is 0.0534. The van der Waals surface area contributed by atoms with Gasteiger partial charge in [0.2, 0.25) is 12.1 Å². The fourth-order valence-corrected chi connectivity index (χ4v) is 8.32. The van der Waals surface area contributed by atoms with E-state index in [0.29, 0.717) is 43.3 Å². The summed E-state index contributed by atoms with van der Waals surface area (Å²) in [5, 5.41) is 24.4. The molecule has 282 valence electrons. The molecule has 2 aliphatic carbocycles. The van der Waals surface area contributed by atoms with Crippen molar-refractivity contribution in [2.45, 2.75) is 88.2 Å². The van der Waals surface area contributed by atoms with E-state index in [4.69, 9.17) is 45.3 Å². The number of halogens is 1. The largest absolute Gasteiger partial charge is 0.490 e. The quantitative estimate of drug-likeness (QED) is 0.0690. The Labute approximate surface area is 307 Å². The van der Waals surface area contributed by atoms with Crippen LogP contribution in [0.1, 0.15) is 75.7 Å². The second-order valence-electron chi connectivity index (χ2n) is 13.7. The van der Waals surface area contributed by atoms with E-state index in [2.05, 4.69) is 25.3 Å². The molecule has 1 amide bonds. The maximum atomic E-state index is 13.6. The first-order chi connectivity index (χ1) is 24.9. The molecular weight excluding hydrogens is 676 g/mol. The van der Waals surface area contributed by atoms with Crippen molar-refractivity contribution in [1.82, 2.24) is 4.90 Å². The first-order valence-electron chi connectivity index (χ1n) is 18.5. The van der Waals surface area contributed by atoms with Crippen molar-refractivity contribution in [1.29, 1.82) is 0 Å². The maximum Gasteiger partial charge on any atom is 0.410 e. The molecule has 0 bridgehead atoms. The van der Waals surface area contributed by atoms with E-state index >= 15 is 0 Å². The molecule has 7 atom stereocenters. The highest BCUT2D eigenvalue weighted by Gasteiger charge is 2.65. The van der Waals surface area contributed by atoms with E-state index in [-0.39, 0.29) is 56.5 Å². The summed E-state index contributed by atoms with van der Waals surface area (Å²) in [6, 6.07) is 5.17. The summed E-state index contributed by atoms with van der Waals surface area (Å²) in [6.45, 7) is 9.19. The summed E-state index contributed by atoms with van der Waals surface area (Å²) >= 11 is 5.92. The Kier molecular flexibility index (Phi) is 14.7. The molecule has 1 aromatic carbocycles. The van der Waals surface area contributed by atoms with Gasteiger partial charge in [-0.15, -0.1) is 18.2 Å². The lowest BCUT2D eigenvalue weighted by atomic mass is 9.55. The number of ether oxygens (including phenoxy) is 5. The highest BCUT2D eigenvalue weighted by molar-refractivity contribution is 6.18. The Balaban J connectivity index is 1.73. The van der Waals surface area contributed by atoms with E-state index in [1.165, 1.54) is 4.90 Å². The summed E-state index contributed by atoms with van der Waals surface area (Å²) in [7, 11) is 1.69. The van der Waals surface area contributed by atoms with Crippen LogP contribution in [0.15, 0.2) is 60.3 Å². The third kappa shape index (κ3) is 8.93. The number of likely N-dealkylation sites (N-methyl/N-ethyl adjacent to an activating group) is 1. The topological polar surface area (TPSA) is 129 Å². The lowest BCUT2D eigenvalue weighted by Crippen LogP contribution is -2.69. The number of unbranched alkanes of at least 4 members (excludes halogenated alkanes) is 2. The molecule has 5 rings (SSSR count). The van der Waals surface area contributed by atoms with Crippen molar-refractivity contribution in [3.05, 3.63) is 60.7 Å². The molecule has 11 nitrogen and oxygen atoms in total. The van der Waals surface area contributed by atoms with Crippen LogP contribution in [0.2, 0.25) is 0 Å². The smallest absolute Gasteiger partial charge is 0.410 e. The van der Waals surface area contributed by atoms with E-state index in [1.54, 1.807) is 19.2 Å². The van der Waals surface area contributed by atoms with Gasteiger partial charge in [-0.1, -0.05) is 42.8 Å². The fourth-order valence-electron chi connectivity index (χ4n) is 8.24. The number of hydrogen-bond acceptors (Lipinski definition) is 10. The lowest BCUT2D eigenvalue weighted by Gasteiger charge is -2.59. The number of aliphatic hydroxyl groups excluding tert-OH is 2. The molecular formula is C39H55ClN2O9. The summed E-state index contributed by atoms with van der Waals surface area (Å²) in [4.78, 5) is 21.3. The van der Waals surface area contributed by atoms with Gasteiger partial charge in [-0.3, -0.25) is 0 Å². The molecule has 51 heavy (non-hydrogen) atoms. The summed E-state index contributed by atoms with van der Waals surface area (Å²) in [5.41, 5.74) is 2.63. The predicted molar refractivity (Wildman–Crippen MR) is 195 cm³/mol. The second-order valence-corrected chi connectivity index (χ2v) is 14.1. The minimum Gasteiger partial charge on any atom is -0.490 e. The zero-order valence-electron chi connectivity index (χ0n) is 29.9. The standard InChI is InChI=1S/C39H55ClN2O9/c1-4-20-46-28-15-16-33-31(25-28)36-29(13-7-10-19-44)27(12-6-9-18-43)24-30-32(41-51-35-14-8-11-22-47-35)26-34(42(3)38(45)48-23-17-40)39(50-33,37(30)36)49-21-5-2/h4-5,15-16,24-25,27,29,34-37,43-44H,1-2,6-14,17-23,26H2,3H3/t27-,29+,34-,35?,36+,37+,39+/m0/s1.